The van der Waals surface area contributed by atoms with Gasteiger partial charge < -0.3 is 4.74 Å². The third-order valence-corrected chi connectivity index (χ3v) is 2.02. The zero-order valence-corrected chi connectivity index (χ0v) is 6.60. The molecule has 1 aliphatic heterocycles. The first-order valence-electron chi connectivity index (χ1n) is 3.87. The summed E-state index contributed by atoms with van der Waals surface area (Å²) < 4.78 is 6.50. The molecule has 5 heteroatoms. The SMILES string of the molecule is O=C1COc2cccc3nnn1c23. The molecule has 3 rings (SSSR count). The van der Waals surface area contributed by atoms with Crippen molar-refractivity contribution >= 4 is 16.9 Å². The van der Waals surface area contributed by atoms with Gasteiger partial charge in [-0.1, -0.05) is 11.3 Å². The fourth-order valence-electron chi connectivity index (χ4n) is 1.43. The van der Waals surface area contributed by atoms with Gasteiger partial charge in [0, 0.05) is 0 Å². The summed E-state index contributed by atoms with van der Waals surface area (Å²) in [6.45, 7) is 0.0372. The van der Waals surface area contributed by atoms with E-state index in [4.69, 9.17) is 4.74 Å². The number of aromatic nitrogens is 3. The van der Waals surface area contributed by atoms with Crippen LogP contribution in [0.2, 0.25) is 0 Å². The second-order valence-electron chi connectivity index (χ2n) is 2.81. The number of hydrogen-bond acceptors (Lipinski definition) is 4. The average Bonchev–Trinajstić information content (AvgIpc) is 2.57. The smallest absolute Gasteiger partial charge is 0.286 e. The highest BCUT2D eigenvalue weighted by atomic mass is 16.5. The summed E-state index contributed by atoms with van der Waals surface area (Å²) in [5.41, 5.74) is 1.35. The first-order valence-corrected chi connectivity index (χ1v) is 3.87. The number of hydrogen-bond donors (Lipinski definition) is 0. The standard InChI is InChI=1S/C8H5N3O2/c12-7-4-13-6-3-1-2-5-8(6)11(7)10-9-5/h1-3H,4H2. The largest absolute Gasteiger partial charge is 0.481 e. The Labute approximate surface area is 72.9 Å². The van der Waals surface area contributed by atoms with E-state index in [0.29, 0.717) is 16.8 Å². The van der Waals surface area contributed by atoms with Gasteiger partial charge in [0.2, 0.25) is 0 Å². The van der Waals surface area contributed by atoms with Crippen molar-refractivity contribution in [3.05, 3.63) is 18.2 Å². The van der Waals surface area contributed by atoms with Crippen molar-refractivity contribution < 1.29 is 9.53 Å². The van der Waals surface area contributed by atoms with Crippen LogP contribution in [0.1, 0.15) is 4.79 Å². The Kier molecular flexibility index (Phi) is 1.05. The topological polar surface area (TPSA) is 57.0 Å². The number of nitrogens with zero attached hydrogens (tertiary/aromatic N) is 3. The molecule has 1 aromatic carbocycles. The van der Waals surface area contributed by atoms with Crippen LogP contribution in [0.15, 0.2) is 18.2 Å². The van der Waals surface area contributed by atoms with Gasteiger partial charge in [-0.25, -0.2) is 0 Å². The fourth-order valence-corrected chi connectivity index (χ4v) is 1.43. The molecule has 0 atom stereocenters. The van der Waals surface area contributed by atoms with Gasteiger partial charge in [0.05, 0.1) is 0 Å². The predicted octanol–water partition coefficient (Wildman–Crippen LogP) is 0.464. The Morgan fingerprint density at radius 2 is 2.38 bits per heavy atom. The van der Waals surface area contributed by atoms with E-state index < -0.39 is 0 Å². The summed E-state index contributed by atoms with van der Waals surface area (Å²) in [7, 11) is 0. The molecule has 0 unspecified atom stereocenters. The maximum absolute atomic E-state index is 11.3. The Balaban J connectivity index is 2.51. The van der Waals surface area contributed by atoms with E-state index in [1.54, 1.807) is 12.1 Å². The third kappa shape index (κ3) is 0.729. The zero-order chi connectivity index (χ0) is 8.84. The number of para-hydroxylation sites is 1. The van der Waals surface area contributed by atoms with Crippen molar-refractivity contribution in [2.45, 2.75) is 0 Å². The summed E-state index contributed by atoms with van der Waals surface area (Å²) >= 11 is 0. The molecule has 1 aliphatic rings. The summed E-state index contributed by atoms with van der Waals surface area (Å²) in [6.07, 6.45) is 0. The van der Waals surface area contributed by atoms with Gasteiger partial charge in [0.1, 0.15) is 16.8 Å². The minimum absolute atomic E-state index is 0.0372. The van der Waals surface area contributed by atoms with Crippen LogP contribution in [-0.2, 0) is 0 Å². The van der Waals surface area contributed by atoms with Crippen LogP contribution < -0.4 is 4.74 Å². The summed E-state index contributed by atoms with van der Waals surface area (Å²) in [6, 6.07) is 5.42. The lowest BCUT2D eigenvalue weighted by Gasteiger charge is -2.12. The van der Waals surface area contributed by atoms with Gasteiger partial charge in [-0.2, -0.15) is 4.68 Å². The molecule has 2 heterocycles. The summed E-state index contributed by atoms with van der Waals surface area (Å²) in [5.74, 6) is 0.489. The van der Waals surface area contributed by atoms with E-state index in [1.807, 2.05) is 6.07 Å². The molecule has 0 bridgehead atoms. The highest BCUT2D eigenvalue weighted by molar-refractivity contribution is 5.94. The van der Waals surface area contributed by atoms with Gasteiger partial charge in [-0.3, -0.25) is 4.79 Å². The lowest BCUT2D eigenvalue weighted by Crippen LogP contribution is -2.24. The molecule has 0 radical (unpaired) electrons. The third-order valence-electron chi connectivity index (χ3n) is 2.02. The molecular formula is C8H5N3O2. The van der Waals surface area contributed by atoms with Crippen molar-refractivity contribution in [3.8, 4) is 5.75 Å². The lowest BCUT2D eigenvalue weighted by molar-refractivity contribution is 0.0807. The minimum atomic E-state index is -0.179. The fraction of sp³-hybridized carbons (Fsp3) is 0.125. The Morgan fingerprint density at radius 3 is 3.31 bits per heavy atom. The average molecular weight is 175 g/mol. The van der Waals surface area contributed by atoms with Crippen LogP contribution in [0.4, 0.5) is 0 Å². The summed E-state index contributed by atoms with van der Waals surface area (Å²) in [4.78, 5) is 11.3. The maximum atomic E-state index is 11.3. The van der Waals surface area contributed by atoms with Crippen molar-refractivity contribution in [2.75, 3.05) is 6.61 Å². The predicted molar refractivity (Wildman–Crippen MR) is 43.6 cm³/mol. The maximum Gasteiger partial charge on any atom is 0.286 e. The second kappa shape index (κ2) is 2.07. The molecule has 0 N–H and O–H groups in total. The normalized spacial score (nSPS) is 14.6. The van der Waals surface area contributed by atoms with E-state index >= 15 is 0 Å². The molecule has 0 saturated heterocycles. The molecule has 0 aliphatic carbocycles. The minimum Gasteiger partial charge on any atom is -0.481 e. The van der Waals surface area contributed by atoms with Crippen molar-refractivity contribution in [2.24, 2.45) is 0 Å². The van der Waals surface area contributed by atoms with Crippen LogP contribution in [0.3, 0.4) is 0 Å². The van der Waals surface area contributed by atoms with Crippen LogP contribution in [-0.4, -0.2) is 27.5 Å². The van der Waals surface area contributed by atoms with Crippen LogP contribution >= 0.6 is 0 Å². The summed E-state index contributed by atoms with van der Waals surface area (Å²) in [5, 5.41) is 7.60. The van der Waals surface area contributed by atoms with E-state index in [9.17, 15) is 4.79 Å². The molecular weight excluding hydrogens is 170 g/mol. The first kappa shape index (κ1) is 6.59. The molecule has 5 nitrogen and oxygen atoms in total. The van der Waals surface area contributed by atoms with E-state index in [0.717, 1.165) is 0 Å². The van der Waals surface area contributed by atoms with Gasteiger partial charge in [-0.05, 0) is 12.1 Å². The molecule has 0 amide bonds. The zero-order valence-electron chi connectivity index (χ0n) is 6.60. The quantitative estimate of drug-likeness (QED) is 0.583. The first-order chi connectivity index (χ1) is 6.36. The number of carbonyl (C=O) groups is 1. The highest BCUT2D eigenvalue weighted by Crippen LogP contribution is 2.26. The van der Waals surface area contributed by atoms with Crippen LogP contribution in [0, 0.1) is 0 Å². The monoisotopic (exact) mass is 175 g/mol. The van der Waals surface area contributed by atoms with Gasteiger partial charge >= 0.3 is 0 Å². The molecule has 64 valence electrons. The van der Waals surface area contributed by atoms with E-state index in [-0.39, 0.29) is 12.5 Å². The van der Waals surface area contributed by atoms with Gasteiger partial charge in [0.25, 0.3) is 5.91 Å². The highest BCUT2D eigenvalue weighted by Gasteiger charge is 2.21. The molecule has 13 heavy (non-hydrogen) atoms. The molecule has 1 aromatic heterocycles. The van der Waals surface area contributed by atoms with Gasteiger partial charge in [-0.15, -0.1) is 5.10 Å². The van der Waals surface area contributed by atoms with Crippen molar-refractivity contribution in [3.63, 3.8) is 0 Å². The molecule has 0 fully saturated rings. The Bertz CT molecular complexity index is 503. The molecule has 0 saturated carbocycles. The van der Waals surface area contributed by atoms with Crippen molar-refractivity contribution in [1.29, 1.82) is 0 Å². The van der Waals surface area contributed by atoms with E-state index in [2.05, 4.69) is 10.3 Å². The van der Waals surface area contributed by atoms with Crippen molar-refractivity contribution in [1.82, 2.24) is 15.0 Å². The molecule has 0 spiro atoms. The van der Waals surface area contributed by atoms with Gasteiger partial charge in [0.15, 0.2) is 6.61 Å². The molecule has 2 aromatic rings. The van der Waals surface area contributed by atoms with Crippen LogP contribution in [0.5, 0.6) is 5.75 Å². The number of carbonyl (C=O) groups excluding carboxylic acids is 1. The lowest BCUT2D eigenvalue weighted by atomic mass is 10.2. The Hall–Kier alpha value is -1.91. The number of benzene rings is 1. The Morgan fingerprint density at radius 1 is 1.46 bits per heavy atom. The van der Waals surface area contributed by atoms with E-state index in [1.165, 1.54) is 4.68 Å². The van der Waals surface area contributed by atoms with Crippen LogP contribution in [0.25, 0.3) is 11.0 Å². The number of ether oxygens (including phenoxy) is 1. The second-order valence-corrected chi connectivity index (χ2v) is 2.81. The number of rotatable bonds is 0.